The third-order valence-electron chi connectivity index (χ3n) is 2.83. The highest BCUT2D eigenvalue weighted by molar-refractivity contribution is 5.90. The average Bonchev–Trinajstić information content (AvgIpc) is 2.52. The molecule has 0 saturated heterocycles. The Hall–Kier alpha value is -2.68. The number of carbonyl (C=O) groups excluding carboxylic acids is 2. The van der Waals surface area contributed by atoms with Crippen molar-refractivity contribution in [3.05, 3.63) is 72.3 Å². The van der Waals surface area contributed by atoms with Gasteiger partial charge in [-0.25, -0.2) is 0 Å². The summed E-state index contributed by atoms with van der Waals surface area (Å²) < 4.78 is 0. The topological polar surface area (TPSA) is 46.2 Å². The van der Waals surface area contributed by atoms with E-state index in [0.29, 0.717) is 12.8 Å². The number of hydrogen-bond acceptors (Lipinski definition) is 2. The van der Waals surface area contributed by atoms with Crippen molar-refractivity contribution in [2.75, 3.05) is 0 Å². The molecule has 100 valence electrons. The third kappa shape index (κ3) is 3.92. The molecule has 0 aliphatic carbocycles. The zero-order valence-electron chi connectivity index (χ0n) is 11.0. The largest absolute Gasteiger partial charge is 0.348 e. The van der Waals surface area contributed by atoms with E-state index in [1.54, 1.807) is 0 Å². The first-order valence-electron chi connectivity index (χ1n) is 6.33. The van der Waals surface area contributed by atoms with Gasteiger partial charge in [0, 0.05) is 12.6 Å². The summed E-state index contributed by atoms with van der Waals surface area (Å²) in [5.74, 6) is -0.276. The molecule has 0 fully saturated rings. The molecule has 3 nitrogen and oxygen atoms in total. The average molecular weight is 265 g/mol. The van der Waals surface area contributed by atoms with Crippen LogP contribution in [0.3, 0.4) is 0 Å². The van der Waals surface area contributed by atoms with Gasteiger partial charge in [-0.15, -0.1) is 0 Å². The van der Waals surface area contributed by atoms with Gasteiger partial charge in [0.2, 0.25) is 5.91 Å². The van der Waals surface area contributed by atoms with E-state index in [1.165, 1.54) is 12.2 Å². The Balaban J connectivity index is 2.05. The molecule has 0 unspecified atom stereocenters. The normalized spacial score (nSPS) is 10.4. The van der Waals surface area contributed by atoms with E-state index in [0.717, 1.165) is 16.7 Å². The van der Waals surface area contributed by atoms with Crippen molar-refractivity contribution in [1.82, 2.24) is 5.32 Å². The summed E-state index contributed by atoms with van der Waals surface area (Å²) in [7, 11) is 0. The quantitative estimate of drug-likeness (QED) is 0.667. The van der Waals surface area contributed by atoms with Crippen LogP contribution in [0, 0.1) is 0 Å². The SMILES string of the molecule is O=C/C=C\C(=O)NCc1cccc(-c2ccccc2)c1. The molecule has 3 heteroatoms. The maximum Gasteiger partial charge on any atom is 0.244 e. The van der Waals surface area contributed by atoms with Crippen molar-refractivity contribution in [3.8, 4) is 11.1 Å². The van der Waals surface area contributed by atoms with Crippen LogP contribution >= 0.6 is 0 Å². The Morgan fingerprint density at radius 1 is 1.00 bits per heavy atom. The van der Waals surface area contributed by atoms with Crippen LogP contribution < -0.4 is 5.32 Å². The Morgan fingerprint density at radius 2 is 1.75 bits per heavy atom. The maximum absolute atomic E-state index is 11.4. The minimum atomic E-state index is -0.276. The fourth-order valence-electron chi connectivity index (χ4n) is 1.87. The van der Waals surface area contributed by atoms with Crippen molar-refractivity contribution in [2.24, 2.45) is 0 Å². The van der Waals surface area contributed by atoms with E-state index in [2.05, 4.69) is 5.32 Å². The highest BCUT2D eigenvalue weighted by atomic mass is 16.1. The molecular formula is C17H15NO2. The molecule has 0 radical (unpaired) electrons. The van der Waals surface area contributed by atoms with Gasteiger partial charge >= 0.3 is 0 Å². The number of amides is 1. The zero-order chi connectivity index (χ0) is 14.2. The van der Waals surface area contributed by atoms with Crippen LogP contribution in [0.2, 0.25) is 0 Å². The Kier molecular flexibility index (Phi) is 4.84. The second-order valence-corrected chi connectivity index (χ2v) is 4.28. The summed E-state index contributed by atoms with van der Waals surface area (Å²) in [5, 5.41) is 2.73. The van der Waals surface area contributed by atoms with Gasteiger partial charge in [0.15, 0.2) is 0 Å². The van der Waals surface area contributed by atoms with Crippen molar-refractivity contribution in [3.63, 3.8) is 0 Å². The van der Waals surface area contributed by atoms with Gasteiger partial charge in [0.05, 0.1) is 0 Å². The van der Waals surface area contributed by atoms with Crippen molar-refractivity contribution >= 4 is 12.2 Å². The van der Waals surface area contributed by atoms with Crippen LogP contribution in [0.25, 0.3) is 11.1 Å². The molecule has 0 heterocycles. The molecule has 2 rings (SSSR count). The predicted molar refractivity (Wildman–Crippen MR) is 78.9 cm³/mol. The van der Waals surface area contributed by atoms with Crippen LogP contribution in [-0.4, -0.2) is 12.2 Å². The van der Waals surface area contributed by atoms with Crippen LogP contribution in [0.1, 0.15) is 5.56 Å². The van der Waals surface area contributed by atoms with Crippen LogP contribution in [0.5, 0.6) is 0 Å². The van der Waals surface area contributed by atoms with E-state index in [9.17, 15) is 9.59 Å². The molecule has 1 amide bonds. The number of benzene rings is 2. The van der Waals surface area contributed by atoms with E-state index in [4.69, 9.17) is 0 Å². The molecule has 0 spiro atoms. The molecule has 20 heavy (non-hydrogen) atoms. The monoisotopic (exact) mass is 265 g/mol. The van der Waals surface area contributed by atoms with Gasteiger partial charge in [0.25, 0.3) is 0 Å². The predicted octanol–water partition coefficient (Wildman–Crippen LogP) is 2.72. The second kappa shape index (κ2) is 7.04. The summed E-state index contributed by atoms with van der Waals surface area (Å²) in [6.45, 7) is 0.433. The fraction of sp³-hybridized carbons (Fsp3) is 0.0588. The number of nitrogens with one attached hydrogen (secondary N) is 1. The van der Waals surface area contributed by atoms with Gasteiger partial charge < -0.3 is 5.32 Å². The summed E-state index contributed by atoms with van der Waals surface area (Å²) in [6, 6.07) is 18.1. The summed E-state index contributed by atoms with van der Waals surface area (Å²) in [4.78, 5) is 21.5. The highest BCUT2D eigenvalue weighted by Gasteiger charge is 2.00. The Bertz CT molecular complexity index is 618. The number of hydrogen-bond donors (Lipinski definition) is 1. The highest BCUT2D eigenvalue weighted by Crippen LogP contribution is 2.19. The summed E-state index contributed by atoms with van der Waals surface area (Å²) >= 11 is 0. The smallest absolute Gasteiger partial charge is 0.244 e. The summed E-state index contributed by atoms with van der Waals surface area (Å²) in [5.41, 5.74) is 3.27. The number of allylic oxidation sites excluding steroid dienone is 1. The lowest BCUT2D eigenvalue weighted by molar-refractivity contribution is -0.117. The van der Waals surface area contributed by atoms with E-state index in [-0.39, 0.29) is 5.91 Å². The van der Waals surface area contributed by atoms with Crippen molar-refractivity contribution in [1.29, 1.82) is 0 Å². The molecule has 0 aliphatic rings. The number of rotatable bonds is 5. The van der Waals surface area contributed by atoms with Gasteiger partial charge in [0.1, 0.15) is 6.29 Å². The number of aldehydes is 1. The van der Waals surface area contributed by atoms with Gasteiger partial charge in [-0.1, -0.05) is 48.5 Å². The molecule has 1 N–H and O–H groups in total. The molecule has 2 aromatic rings. The number of carbonyl (C=O) groups is 2. The Labute approximate surface area is 117 Å². The minimum absolute atomic E-state index is 0.276. The zero-order valence-corrected chi connectivity index (χ0v) is 11.0. The van der Waals surface area contributed by atoms with Crippen molar-refractivity contribution < 1.29 is 9.59 Å². The second-order valence-electron chi connectivity index (χ2n) is 4.28. The molecule has 2 aromatic carbocycles. The van der Waals surface area contributed by atoms with E-state index >= 15 is 0 Å². The van der Waals surface area contributed by atoms with E-state index in [1.807, 2.05) is 54.6 Å². The fourth-order valence-corrected chi connectivity index (χ4v) is 1.87. The molecule has 0 atom stereocenters. The first-order chi connectivity index (χ1) is 9.79. The van der Waals surface area contributed by atoms with E-state index < -0.39 is 0 Å². The lowest BCUT2D eigenvalue weighted by Gasteiger charge is -2.06. The molecule has 0 bridgehead atoms. The van der Waals surface area contributed by atoms with Crippen molar-refractivity contribution in [2.45, 2.75) is 6.54 Å². The minimum Gasteiger partial charge on any atom is -0.348 e. The maximum atomic E-state index is 11.4. The lowest BCUT2D eigenvalue weighted by atomic mass is 10.0. The Morgan fingerprint density at radius 3 is 2.50 bits per heavy atom. The lowest BCUT2D eigenvalue weighted by Crippen LogP contribution is -2.20. The van der Waals surface area contributed by atoms with Crippen LogP contribution in [-0.2, 0) is 16.1 Å². The first-order valence-corrected chi connectivity index (χ1v) is 6.33. The van der Waals surface area contributed by atoms with Gasteiger partial charge in [-0.3, -0.25) is 9.59 Å². The van der Waals surface area contributed by atoms with Gasteiger partial charge in [-0.05, 0) is 28.8 Å². The van der Waals surface area contributed by atoms with Crippen LogP contribution in [0.15, 0.2) is 66.7 Å². The molecular weight excluding hydrogens is 250 g/mol. The van der Waals surface area contributed by atoms with Crippen LogP contribution in [0.4, 0.5) is 0 Å². The molecule has 0 saturated carbocycles. The summed E-state index contributed by atoms with van der Waals surface area (Å²) in [6.07, 6.45) is 2.97. The van der Waals surface area contributed by atoms with Gasteiger partial charge in [-0.2, -0.15) is 0 Å². The first kappa shape index (κ1) is 13.7. The standard InChI is InChI=1S/C17H15NO2/c19-11-5-10-17(20)18-13-14-6-4-9-16(12-14)15-7-2-1-3-8-15/h1-12H,13H2,(H,18,20)/b10-5-. The molecule has 0 aliphatic heterocycles. The third-order valence-corrected chi connectivity index (χ3v) is 2.83. The molecule has 0 aromatic heterocycles.